The summed E-state index contributed by atoms with van der Waals surface area (Å²) in [6.45, 7) is 5.94. The number of piperidine rings is 1. The molecule has 0 radical (unpaired) electrons. The molecular weight excluding hydrogens is 488 g/mol. The molecule has 37 heavy (non-hydrogen) atoms. The molecule has 10 heteroatoms. The number of carbonyl (C=O) groups is 3. The predicted molar refractivity (Wildman–Crippen MR) is 144 cm³/mol. The molecule has 2 atom stereocenters. The van der Waals surface area contributed by atoms with Gasteiger partial charge in [0.05, 0.1) is 18.3 Å². The summed E-state index contributed by atoms with van der Waals surface area (Å²) < 4.78 is 1.84. The average molecular weight is 527 g/mol. The molecule has 2 aliphatic heterocycles. The minimum Gasteiger partial charge on any atom is -0.344 e. The Balaban J connectivity index is 1.67. The Bertz CT molecular complexity index is 1080. The van der Waals surface area contributed by atoms with E-state index in [-0.39, 0.29) is 17.7 Å². The Hall–Kier alpha value is -2.88. The van der Waals surface area contributed by atoms with Crippen LogP contribution in [0.2, 0.25) is 0 Å². The molecule has 1 N–H and O–H groups in total. The minimum absolute atomic E-state index is 0.00846. The summed E-state index contributed by atoms with van der Waals surface area (Å²) >= 11 is 1.60. The van der Waals surface area contributed by atoms with Crippen molar-refractivity contribution in [3.05, 3.63) is 47.5 Å². The zero-order chi connectivity index (χ0) is 26.2. The van der Waals surface area contributed by atoms with Crippen molar-refractivity contribution in [1.29, 1.82) is 0 Å². The van der Waals surface area contributed by atoms with E-state index in [1.54, 1.807) is 16.7 Å². The number of aromatic nitrogens is 3. The molecule has 2 aromatic rings. The number of nitrogens with one attached hydrogen (secondary N) is 1. The Morgan fingerprint density at radius 1 is 1.08 bits per heavy atom. The van der Waals surface area contributed by atoms with Crippen molar-refractivity contribution >= 4 is 29.5 Å². The fraction of sp³-hybridized carbons (Fsp3) is 0.593. The lowest BCUT2D eigenvalue weighted by molar-refractivity contribution is -0.143. The lowest BCUT2D eigenvalue weighted by atomic mass is 9.99. The number of fused-ring (bicyclic) bond motifs is 2. The van der Waals surface area contributed by atoms with Crippen LogP contribution in [-0.4, -0.2) is 79.5 Å². The van der Waals surface area contributed by atoms with Crippen LogP contribution in [0.5, 0.6) is 0 Å². The van der Waals surface area contributed by atoms with Crippen LogP contribution in [-0.2, 0) is 27.3 Å². The Kier molecular flexibility index (Phi) is 9.60. The van der Waals surface area contributed by atoms with E-state index in [2.05, 4.69) is 10.4 Å². The second-order valence-electron chi connectivity index (χ2n) is 9.71. The molecule has 3 heterocycles. The number of carbonyl (C=O) groups excluding carboxylic acids is 3. The first kappa shape index (κ1) is 27.2. The van der Waals surface area contributed by atoms with E-state index in [9.17, 15) is 14.4 Å². The summed E-state index contributed by atoms with van der Waals surface area (Å²) in [6.07, 6.45) is 3.93. The third-order valence-electron chi connectivity index (χ3n) is 7.03. The molecule has 3 amide bonds. The lowest BCUT2D eigenvalue weighted by Crippen LogP contribution is -2.53. The third kappa shape index (κ3) is 7.12. The van der Waals surface area contributed by atoms with Gasteiger partial charge >= 0.3 is 0 Å². The molecule has 0 aliphatic carbocycles. The fourth-order valence-corrected chi connectivity index (χ4v) is 5.70. The van der Waals surface area contributed by atoms with Crippen LogP contribution >= 0.6 is 11.8 Å². The van der Waals surface area contributed by atoms with Crippen molar-refractivity contribution in [3.8, 4) is 0 Å². The van der Waals surface area contributed by atoms with E-state index in [0.717, 1.165) is 24.2 Å². The summed E-state index contributed by atoms with van der Waals surface area (Å²) in [5, 5.41) is 7.86. The van der Waals surface area contributed by atoms with Crippen LogP contribution in [0.25, 0.3) is 0 Å². The molecule has 4 rings (SSSR count). The first-order chi connectivity index (χ1) is 18.0. The zero-order valence-electron chi connectivity index (χ0n) is 21.9. The van der Waals surface area contributed by atoms with Crippen molar-refractivity contribution in [3.63, 3.8) is 0 Å². The Morgan fingerprint density at radius 2 is 1.89 bits per heavy atom. The number of rotatable bonds is 5. The van der Waals surface area contributed by atoms with Gasteiger partial charge in [0.25, 0.3) is 0 Å². The maximum Gasteiger partial charge on any atom is 0.243 e. The fourth-order valence-electron chi connectivity index (χ4n) is 5.14. The third-order valence-corrected chi connectivity index (χ3v) is 7.88. The second-order valence-corrected chi connectivity index (χ2v) is 11.0. The van der Waals surface area contributed by atoms with Crippen LogP contribution in [0.3, 0.4) is 0 Å². The SMILES string of the molecule is CCSCC(=O)N1CCCC(=O)N2CCCC[C@H]2C(=O)N[C@H](Cc2ccccc2)c2nc(C)nn2CC1. The van der Waals surface area contributed by atoms with Gasteiger partial charge in [0, 0.05) is 26.1 Å². The predicted octanol–water partition coefficient (Wildman–Crippen LogP) is 2.74. The highest BCUT2D eigenvalue weighted by atomic mass is 32.2. The van der Waals surface area contributed by atoms with Gasteiger partial charge in [-0.15, -0.1) is 0 Å². The Morgan fingerprint density at radius 3 is 2.68 bits per heavy atom. The molecule has 200 valence electrons. The van der Waals surface area contributed by atoms with Gasteiger partial charge in [0.2, 0.25) is 17.7 Å². The van der Waals surface area contributed by atoms with Crippen molar-refractivity contribution in [1.82, 2.24) is 29.9 Å². The molecule has 0 saturated carbocycles. The molecule has 1 saturated heterocycles. The molecule has 2 aliphatic rings. The molecule has 0 unspecified atom stereocenters. The highest BCUT2D eigenvalue weighted by Crippen LogP contribution is 2.23. The quantitative estimate of drug-likeness (QED) is 0.643. The van der Waals surface area contributed by atoms with Crippen molar-refractivity contribution in [2.45, 2.75) is 71.0 Å². The summed E-state index contributed by atoms with van der Waals surface area (Å²) in [5.74, 6) is 2.54. The highest BCUT2D eigenvalue weighted by Gasteiger charge is 2.34. The molecule has 0 spiro atoms. The van der Waals surface area contributed by atoms with Gasteiger partial charge in [-0.25, -0.2) is 9.67 Å². The maximum atomic E-state index is 13.6. The lowest BCUT2D eigenvalue weighted by Gasteiger charge is -2.36. The topological polar surface area (TPSA) is 100 Å². The van der Waals surface area contributed by atoms with E-state index >= 15 is 0 Å². The minimum atomic E-state index is -0.487. The number of hydrogen-bond donors (Lipinski definition) is 1. The summed E-state index contributed by atoms with van der Waals surface area (Å²) in [4.78, 5) is 48.1. The van der Waals surface area contributed by atoms with E-state index in [1.807, 2.05) is 53.8 Å². The van der Waals surface area contributed by atoms with Gasteiger partial charge in [-0.2, -0.15) is 16.9 Å². The first-order valence-corrected chi connectivity index (χ1v) is 14.5. The van der Waals surface area contributed by atoms with Crippen LogP contribution in [0.1, 0.15) is 62.3 Å². The smallest absolute Gasteiger partial charge is 0.243 e. The van der Waals surface area contributed by atoms with E-state index < -0.39 is 12.1 Å². The molecule has 0 bridgehead atoms. The van der Waals surface area contributed by atoms with Gasteiger partial charge in [0.15, 0.2) is 0 Å². The maximum absolute atomic E-state index is 13.6. The van der Waals surface area contributed by atoms with Gasteiger partial charge in [-0.1, -0.05) is 37.3 Å². The van der Waals surface area contributed by atoms with Gasteiger partial charge in [-0.3, -0.25) is 14.4 Å². The van der Waals surface area contributed by atoms with Gasteiger partial charge in [0.1, 0.15) is 17.7 Å². The molecule has 1 fully saturated rings. The number of benzene rings is 1. The number of hydrogen-bond acceptors (Lipinski definition) is 6. The monoisotopic (exact) mass is 526 g/mol. The largest absolute Gasteiger partial charge is 0.344 e. The van der Waals surface area contributed by atoms with Crippen LogP contribution in [0.15, 0.2) is 30.3 Å². The summed E-state index contributed by atoms with van der Waals surface area (Å²) in [7, 11) is 0. The molecular formula is C27H38N6O3S. The molecule has 1 aromatic heterocycles. The van der Waals surface area contributed by atoms with Crippen molar-refractivity contribution < 1.29 is 14.4 Å². The van der Waals surface area contributed by atoms with Crippen LogP contribution in [0.4, 0.5) is 0 Å². The molecule has 9 nitrogen and oxygen atoms in total. The van der Waals surface area contributed by atoms with Gasteiger partial charge in [-0.05, 0) is 50.3 Å². The standard InChI is InChI=1S/C27H38N6O3S/c1-3-37-19-25(35)31-14-9-13-24(34)32-15-8-7-12-23(32)27(36)29-22(18-21-10-5-4-6-11-21)26-28-20(2)30-33(26)17-16-31/h4-6,10-11,22-23H,3,7-9,12-19H2,1-2H3,(H,29,36)/t22-,23+/m1/s1. The van der Waals surface area contributed by atoms with E-state index in [4.69, 9.17) is 4.98 Å². The summed E-state index contributed by atoms with van der Waals surface area (Å²) in [5.41, 5.74) is 1.08. The summed E-state index contributed by atoms with van der Waals surface area (Å²) in [6, 6.07) is 9.11. The number of thioether (sulfide) groups is 1. The first-order valence-electron chi connectivity index (χ1n) is 13.4. The number of aryl methyl sites for hydroxylation is 1. The van der Waals surface area contributed by atoms with Crippen LogP contribution in [0, 0.1) is 6.92 Å². The van der Waals surface area contributed by atoms with E-state index in [0.29, 0.717) is 69.3 Å². The van der Waals surface area contributed by atoms with Gasteiger partial charge < -0.3 is 15.1 Å². The zero-order valence-corrected chi connectivity index (χ0v) is 22.7. The van der Waals surface area contributed by atoms with Crippen molar-refractivity contribution in [2.24, 2.45) is 0 Å². The molecule has 1 aromatic carbocycles. The number of amides is 3. The highest BCUT2D eigenvalue weighted by molar-refractivity contribution is 7.99. The average Bonchev–Trinajstić information content (AvgIpc) is 3.29. The van der Waals surface area contributed by atoms with Crippen LogP contribution < -0.4 is 5.32 Å². The second kappa shape index (κ2) is 13.1. The van der Waals surface area contributed by atoms with Crippen molar-refractivity contribution in [2.75, 3.05) is 31.1 Å². The Labute approximate surface area is 223 Å². The van der Waals surface area contributed by atoms with E-state index in [1.165, 1.54) is 0 Å². The number of nitrogens with zero attached hydrogens (tertiary/aromatic N) is 5. The normalized spacial score (nSPS) is 21.6.